The molecule has 2 saturated heterocycles. The second-order valence-corrected chi connectivity index (χ2v) is 9.03. The van der Waals surface area contributed by atoms with E-state index in [-0.39, 0.29) is 43.3 Å². The molecule has 2 aliphatic rings. The smallest absolute Gasteiger partial charge is 0.435 e. The molecule has 0 spiro atoms. The van der Waals surface area contributed by atoms with Crippen molar-refractivity contribution in [2.24, 2.45) is 5.92 Å². The largest absolute Gasteiger partial charge is 0.490 e. The maximum absolute atomic E-state index is 13.0. The van der Waals surface area contributed by atoms with Crippen molar-refractivity contribution in [3.05, 3.63) is 47.2 Å². The summed E-state index contributed by atoms with van der Waals surface area (Å²) in [5, 5.41) is 3.98. The average molecular weight is 515 g/mol. The van der Waals surface area contributed by atoms with E-state index in [0.29, 0.717) is 50.0 Å². The Morgan fingerprint density at radius 3 is 2.57 bits per heavy atom. The highest BCUT2D eigenvalue weighted by atomic mass is 35.5. The molecule has 12 heteroatoms. The Balaban J connectivity index is 1.44. The molecule has 0 saturated carbocycles. The molecule has 0 aliphatic carbocycles. The number of piperidine rings is 1. The lowest BCUT2D eigenvalue weighted by atomic mass is 9.90. The van der Waals surface area contributed by atoms with Crippen LogP contribution < -0.4 is 4.74 Å². The number of nitrogens with zero attached hydrogens (tertiary/aromatic N) is 4. The monoisotopic (exact) mass is 514 g/mol. The Kier molecular flexibility index (Phi) is 7.85. The van der Waals surface area contributed by atoms with E-state index >= 15 is 0 Å². The van der Waals surface area contributed by atoms with Crippen LogP contribution >= 0.6 is 11.6 Å². The summed E-state index contributed by atoms with van der Waals surface area (Å²) in [4.78, 5) is 29.1. The van der Waals surface area contributed by atoms with E-state index in [2.05, 4.69) is 5.10 Å². The van der Waals surface area contributed by atoms with Gasteiger partial charge in [0.15, 0.2) is 5.69 Å². The molecule has 3 heterocycles. The van der Waals surface area contributed by atoms with Crippen molar-refractivity contribution in [1.29, 1.82) is 0 Å². The molecule has 0 N–H and O–H groups in total. The first-order valence-electron chi connectivity index (χ1n) is 11.4. The maximum Gasteiger partial charge on any atom is 0.435 e. The van der Waals surface area contributed by atoms with Crippen LogP contribution in [0.5, 0.6) is 5.75 Å². The summed E-state index contributed by atoms with van der Waals surface area (Å²) in [5.74, 6) is -0.145. The molecule has 2 aromatic rings. The fraction of sp³-hybridized carbons (Fsp3) is 0.522. The van der Waals surface area contributed by atoms with Crippen LogP contribution in [0.2, 0.25) is 5.02 Å². The zero-order chi connectivity index (χ0) is 25.0. The Morgan fingerprint density at radius 2 is 1.89 bits per heavy atom. The fourth-order valence-electron chi connectivity index (χ4n) is 4.31. The number of aromatic nitrogens is 2. The van der Waals surface area contributed by atoms with E-state index in [0.717, 1.165) is 16.9 Å². The van der Waals surface area contributed by atoms with Gasteiger partial charge in [-0.3, -0.25) is 14.3 Å². The van der Waals surface area contributed by atoms with Crippen LogP contribution in [0.15, 0.2) is 36.5 Å². The van der Waals surface area contributed by atoms with Crippen LogP contribution in [-0.4, -0.2) is 76.9 Å². The summed E-state index contributed by atoms with van der Waals surface area (Å²) in [5.41, 5.74) is -1.05. The number of halogens is 4. The molecule has 2 aliphatic heterocycles. The minimum atomic E-state index is -4.57. The zero-order valence-corrected chi connectivity index (χ0v) is 19.7. The molecule has 35 heavy (non-hydrogen) atoms. The molecule has 1 aromatic carbocycles. The van der Waals surface area contributed by atoms with Crippen LogP contribution in [0.4, 0.5) is 13.2 Å². The quantitative estimate of drug-likeness (QED) is 0.592. The number of benzene rings is 1. The van der Waals surface area contributed by atoms with Gasteiger partial charge in [-0.2, -0.15) is 18.3 Å². The van der Waals surface area contributed by atoms with Gasteiger partial charge in [0, 0.05) is 56.2 Å². The summed E-state index contributed by atoms with van der Waals surface area (Å²) >= 11 is 6.07. The number of rotatable bonds is 6. The molecular formula is C23H26ClF3N4O4. The van der Waals surface area contributed by atoms with Gasteiger partial charge in [0.05, 0.1) is 13.2 Å². The van der Waals surface area contributed by atoms with Gasteiger partial charge in [-0.1, -0.05) is 17.7 Å². The zero-order valence-electron chi connectivity index (χ0n) is 18.9. The molecule has 2 fully saturated rings. The van der Waals surface area contributed by atoms with Crippen LogP contribution in [0.3, 0.4) is 0 Å². The van der Waals surface area contributed by atoms with Crippen molar-refractivity contribution >= 4 is 23.4 Å². The Bertz CT molecular complexity index is 1040. The minimum absolute atomic E-state index is 0.0470. The molecular weight excluding hydrogens is 489 g/mol. The number of amides is 2. The third kappa shape index (κ3) is 6.66. The number of likely N-dealkylation sites (tertiary alicyclic amines) is 1. The summed E-state index contributed by atoms with van der Waals surface area (Å²) in [7, 11) is 0. The molecule has 190 valence electrons. The van der Waals surface area contributed by atoms with Crippen LogP contribution in [0.25, 0.3) is 0 Å². The van der Waals surface area contributed by atoms with Gasteiger partial charge in [-0.25, -0.2) is 0 Å². The van der Waals surface area contributed by atoms with Crippen molar-refractivity contribution in [2.75, 3.05) is 39.4 Å². The van der Waals surface area contributed by atoms with E-state index in [1.54, 1.807) is 34.1 Å². The van der Waals surface area contributed by atoms with Gasteiger partial charge in [0.25, 0.3) is 0 Å². The molecule has 4 rings (SSSR count). The summed E-state index contributed by atoms with van der Waals surface area (Å²) in [6.45, 7) is 2.25. The number of carbonyl (C=O) groups is 2. The lowest BCUT2D eigenvalue weighted by Gasteiger charge is -2.39. The van der Waals surface area contributed by atoms with Crippen LogP contribution in [0.1, 0.15) is 18.5 Å². The lowest BCUT2D eigenvalue weighted by Crippen LogP contribution is -2.51. The number of hydrogen-bond acceptors (Lipinski definition) is 5. The predicted octanol–water partition coefficient (Wildman–Crippen LogP) is 3.10. The van der Waals surface area contributed by atoms with Crippen molar-refractivity contribution in [2.45, 2.75) is 31.7 Å². The first kappa shape index (κ1) is 25.3. The summed E-state index contributed by atoms with van der Waals surface area (Å²) in [6.07, 6.45) is -3.13. The average Bonchev–Trinajstić information content (AvgIpc) is 3.30. The highest BCUT2D eigenvalue weighted by molar-refractivity contribution is 6.30. The number of carbonyl (C=O) groups excluding carboxylic acids is 2. The fourth-order valence-corrected chi connectivity index (χ4v) is 4.49. The van der Waals surface area contributed by atoms with Gasteiger partial charge >= 0.3 is 6.18 Å². The second kappa shape index (κ2) is 10.9. The predicted molar refractivity (Wildman–Crippen MR) is 120 cm³/mol. The van der Waals surface area contributed by atoms with E-state index in [9.17, 15) is 22.8 Å². The molecule has 2 amide bonds. The second-order valence-electron chi connectivity index (χ2n) is 8.60. The third-order valence-electron chi connectivity index (χ3n) is 6.13. The normalized spacial score (nSPS) is 21.1. The SMILES string of the molecule is O=C(C[C@H]1CN(C(=O)Cn2ccc(C(F)(F)F)n2)CC[C@@H]1Oc1cccc(Cl)c1)N1CCOCC1. The Hall–Kier alpha value is -2.79. The van der Waals surface area contributed by atoms with Gasteiger partial charge in [-0.15, -0.1) is 0 Å². The number of alkyl halides is 3. The first-order chi connectivity index (χ1) is 16.7. The molecule has 1 aromatic heterocycles. The standard InChI is InChI=1S/C23H26ClF3N4O4/c24-17-2-1-3-18(13-17)35-19-4-6-30(14-16(19)12-21(32)29-8-10-34-11-9-29)22(33)15-31-7-5-20(28-31)23(25,26)27/h1-3,5,7,13,16,19H,4,6,8-12,14-15H2/t16-,19-/m0/s1. The molecule has 2 atom stereocenters. The number of hydrogen-bond donors (Lipinski definition) is 0. The first-order valence-corrected chi connectivity index (χ1v) is 11.7. The van der Waals surface area contributed by atoms with Gasteiger partial charge < -0.3 is 19.3 Å². The van der Waals surface area contributed by atoms with E-state index < -0.39 is 11.9 Å². The maximum atomic E-state index is 13.0. The molecule has 0 bridgehead atoms. The summed E-state index contributed by atoms with van der Waals surface area (Å²) < 4.78 is 50.9. The highest BCUT2D eigenvalue weighted by Gasteiger charge is 2.37. The third-order valence-corrected chi connectivity index (χ3v) is 6.36. The lowest BCUT2D eigenvalue weighted by molar-refractivity contribution is -0.143. The summed E-state index contributed by atoms with van der Waals surface area (Å²) in [6, 6.07) is 7.80. The topological polar surface area (TPSA) is 76.9 Å². The van der Waals surface area contributed by atoms with Gasteiger partial charge in [0.1, 0.15) is 18.4 Å². The van der Waals surface area contributed by atoms with E-state index in [1.807, 2.05) is 0 Å². The van der Waals surface area contributed by atoms with Crippen molar-refractivity contribution < 1.29 is 32.2 Å². The van der Waals surface area contributed by atoms with E-state index in [4.69, 9.17) is 21.1 Å². The number of ether oxygens (including phenoxy) is 2. The van der Waals surface area contributed by atoms with Crippen molar-refractivity contribution in [3.8, 4) is 5.75 Å². The van der Waals surface area contributed by atoms with Crippen molar-refractivity contribution in [3.63, 3.8) is 0 Å². The van der Waals surface area contributed by atoms with Crippen molar-refractivity contribution in [1.82, 2.24) is 19.6 Å². The molecule has 0 radical (unpaired) electrons. The Morgan fingerprint density at radius 1 is 1.11 bits per heavy atom. The van der Waals surface area contributed by atoms with Gasteiger partial charge in [-0.05, 0) is 24.3 Å². The van der Waals surface area contributed by atoms with Crippen LogP contribution in [0, 0.1) is 5.92 Å². The minimum Gasteiger partial charge on any atom is -0.490 e. The Labute approximate surface area is 205 Å². The van der Waals surface area contributed by atoms with E-state index in [1.165, 1.54) is 0 Å². The van der Waals surface area contributed by atoms with Crippen LogP contribution in [-0.2, 0) is 27.0 Å². The number of morpholine rings is 1. The molecule has 8 nitrogen and oxygen atoms in total. The highest BCUT2D eigenvalue weighted by Crippen LogP contribution is 2.29. The van der Waals surface area contributed by atoms with Gasteiger partial charge in [0.2, 0.25) is 11.8 Å². The molecule has 0 unspecified atom stereocenters.